The maximum absolute atomic E-state index is 12.0. The number of aldehydes is 1. The van der Waals surface area contributed by atoms with Gasteiger partial charge in [-0.1, -0.05) is 29.8 Å². The molecule has 1 aliphatic rings. The third kappa shape index (κ3) is 1.52. The average Bonchev–Trinajstić information content (AvgIpc) is 2.27. The zero-order valence-corrected chi connectivity index (χ0v) is 9.28. The van der Waals surface area contributed by atoms with Crippen LogP contribution in [0, 0.1) is 0 Å². The van der Waals surface area contributed by atoms with E-state index in [0.717, 1.165) is 16.7 Å². The van der Waals surface area contributed by atoms with Crippen LogP contribution < -0.4 is 0 Å². The van der Waals surface area contributed by atoms with E-state index in [4.69, 9.17) is 0 Å². The number of allylic oxidation sites excluding steroid dienone is 3. The minimum absolute atomic E-state index is 0.172. The summed E-state index contributed by atoms with van der Waals surface area (Å²) in [5.74, 6) is -0.172. The zero-order valence-electron chi connectivity index (χ0n) is 9.28. The van der Waals surface area contributed by atoms with Gasteiger partial charge < -0.3 is 0 Å². The zero-order chi connectivity index (χ0) is 11.7. The summed E-state index contributed by atoms with van der Waals surface area (Å²) < 4.78 is 0. The van der Waals surface area contributed by atoms with E-state index in [9.17, 15) is 9.59 Å². The van der Waals surface area contributed by atoms with Crippen molar-refractivity contribution in [3.05, 3.63) is 46.5 Å². The molecular formula is C14H12O2. The van der Waals surface area contributed by atoms with Gasteiger partial charge in [-0.25, -0.2) is 0 Å². The second-order valence-corrected chi connectivity index (χ2v) is 4.01. The quantitative estimate of drug-likeness (QED) is 0.407. The van der Waals surface area contributed by atoms with Crippen molar-refractivity contribution in [3.63, 3.8) is 0 Å². The number of carbonyl (C=O) groups excluding carboxylic acids is 2. The first-order valence-electron chi connectivity index (χ1n) is 5.13. The molecule has 0 saturated carbocycles. The highest BCUT2D eigenvalue weighted by molar-refractivity contribution is 6.39. The fourth-order valence-electron chi connectivity index (χ4n) is 1.93. The Labute approximate surface area is 94.3 Å². The monoisotopic (exact) mass is 212 g/mol. The fourth-order valence-corrected chi connectivity index (χ4v) is 1.93. The molecule has 0 aromatic heterocycles. The Morgan fingerprint density at radius 3 is 2.50 bits per heavy atom. The Hall–Kier alpha value is -1.96. The molecule has 0 saturated heterocycles. The lowest BCUT2D eigenvalue weighted by atomic mass is 9.85. The van der Waals surface area contributed by atoms with E-state index in [1.54, 1.807) is 6.08 Å². The molecule has 0 radical (unpaired) electrons. The molecule has 0 N–H and O–H groups in total. The standard InChI is InChI=1S/C14H12O2/c1-9(2)13-12-6-4-3-5-10(12)7-11(8-15)14(13)16/h3-8H,1-2H3. The molecule has 2 heteroatoms. The third-order valence-electron chi connectivity index (χ3n) is 2.66. The van der Waals surface area contributed by atoms with E-state index in [1.165, 1.54) is 0 Å². The molecule has 0 aliphatic heterocycles. The molecule has 0 fully saturated rings. The number of fused-ring (bicyclic) bond motifs is 1. The first-order chi connectivity index (χ1) is 7.65. The summed E-state index contributed by atoms with van der Waals surface area (Å²) in [6.07, 6.45) is 2.28. The largest absolute Gasteiger partial charge is 0.298 e. The number of ketones is 1. The van der Waals surface area contributed by atoms with Crippen molar-refractivity contribution in [3.8, 4) is 0 Å². The van der Waals surface area contributed by atoms with Gasteiger partial charge in [0.15, 0.2) is 12.1 Å². The minimum Gasteiger partial charge on any atom is -0.298 e. The van der Waals surface area contributed by atoms with E-state index < -0.39 is 0 Å². The summed E-state index contributed by atoms with van der Waals surface area (Å²) >= 11 is 0. The van der Waals surface area contributed by atoms with Crippen molar-refractivity contribution >= 4 is 23.7 Å². The van der Waals surface area contributed by atoms with E-state index in [-0.39, 0.29) is 11.4 Å². The number of hydrogen-bond acceptors (Lipinski definition) is 2. The van der Waals surface area contributed by atoms with Gasteiger partial charge in [0.1, 0.15) is 0 Å². The van der Waals surface area contributed by atoms with Gasteiger partial charge in [-0.3, -0.25) is 9.59 Å². The van der Waals surface area contributed by atoms with Crippen LogP contribution >= 0.6 is 0 Å². The van der Waals surface area contributed by atoms with E-state index in [1.807, 2.05) is 38.1 Å². The molecule has 2 nitrogen and oxygen atoms in total. The van der Waals surface area contributed by atoms with E-state index in [0.29, 0.717) is 11.9 Å². The van der Waals surface area contributed by atoms with Crippen LogP contribution in [0.2, 0.25) is 0 Å². The SMILES string of the molecule is CC(C)=C1C(=O)C(C=O)=Cc2ccccc21. The van der Waals surface area contributed by atoms with Crippen molar-refractivity contribution in [2.45, 2.75) is 13.8 Å². The summed E-state index contributed by atoms with van der Waals surface area (Å²) in [5, 5.41) is 0. The van der Waals surface area contributed by atoms with Crippen molar-refractivity contribution in [1.29, 1.82) is 0 Å². The molecule has 0 atom stereocenters. The molecule has 1 aliphatic carbocycles. The number of rotatable bonds is 1. The molecule has 1 aromatic carbocycles. The molecule has 0 bridgehead atoms. The van der Waals surface area contributed by atoms with Gasteiger partial charge >= 0.3 is 0 Å². The maximum Gasteiger partial charge on any atom is 0.196 e. The fraction of sp³-hybridized carbons (Fsp3) is 0.143. The highest BCUT2D eigenvalue weighted by Crippen LogP contribution is 2.31. The third-order valence-corrected chi connectivity index (χ3v) is 2.66. The Kier molecular flexibility index (Phi) is 2.57. The first-order valence-corrected chi connectivity index (χ1v) is 5.13. The molecule has 1 aromatic rings. The Morgan fingerprint density at radius 1 is 1.19 bits per heavy atom. The average molecular weight is 212 g/mol. The van der Waals surface area contributed by atoms with Crippen molar-refractivity contribution in [2.24, 2.45) is 0 Å². The summed E-state index contributed by atoms with van der Waals surface area (Å²) in [4.78, 5) is 22.8. The highest BCUT2D eigenvalue weighted by atomic mass is 16.1. The predicted molar refractivity (Wildman–Crippen MR) is 63.8 cm³/mol. The second kappa shape index (κ2) is 3.89. The van der Waals surface area contributed by atoms with Crippen molar-refractivity contribution < 1.29 is 9.59 Å². The van der Waals surface area contributed by atoms with Gasteiger partial charge in [0.25, 0.3) is 0 Å². The van der Waals surface area contributed by atoms with E-state index in [2.05, 4.69) is 0 Å². The molecule has 0 spiro atoms. The van der Waals surface area contributed by atoms with Crippen LogP contribution in [0.1, 0.15) is 25.0 Å². The first kappa shape index (κ1) is 10.6. The summed E-state index contributed by atoms with van der Waals surface area (Å²) in [7, 11) is 0. The lowest BCUT2D eigenvalue weighted by molar-refractivity contribution is -0.113. The molecular weight excluding hydrogens is 200 g/mol. The van der Waals surface area contributed by atoms with Crippen LogP contribution in [0.25, 0.3) is 11.6 Å². The van der Waals surface area contributed by atoms with Crippen LogP contribution in [0.3, 0.4) is 0 Å². The van der Waals surface area contributed by atoms with Gasteiger partial charge in [0.2, 0.25) is 0 Å². The highest BCUT2D eigenvalue weighted by Gasteiger charge is 2.23. The Bertz CT molecular complexity index is 529. The molecule has 0 amide bonds. The minimum atomic E-state index is -0.172. The van der Waals surface area contributed by atoms with Crippen molar-refractivity contribution in [1.82, 2.24) is 0 Å². The second-order valence-electron chi connectivity index (χ2n) is 4.01. The van der Waals surface area contributed by atoms with E-state index >= 15 is 0 Å². The predicted octanol–water partition coefficient (Wildman–Crippen LogP) is 2.65. The van der Waals surface area contributed by atoms with Crippen LogP contribution in [0.4, 0.5) is 0 Å². The molecule has 80 valence electrons. The van der Waals surface area contributed by atoms with Crippen LogP contribution in [0.5, 0.6) is 0 Å². The molecule has 0 heterocycles. The molecule has 16 heavy (non-hydrogen) atoms. The lowest BCUT2D eigenvalue weighted by Gasteiger charge is -2.17. The Balaban J connectivity index is 2.77. The Morgan fingerprint density at radius 2 is 1.88 bits per heavy atom. The van der Waals surface area contributed by atoms with Gasteiger partial charge in [0, 0.05) is 5.57 Å². The number of Topliss-reactive ketones (excluding diaryl/α,β-unsaturated/α-hetero) is 1. The van der Waals surface area contributed by atoms with Gasteiger partial charge in [-0.15, -0.1) is 0 Å². The summed E-state index contributed by atoms with van der Waals surface area (Å²) in [5.41, 5.74) is 3.67. The molecule has 2 rings (SSSR count). The van der Waals surface area contributed by atoms with Crippen molar-refractivity contribution in [2.75, 3.05) is 0 Å². The number of benzene rings is 1. The smallest absolute Gasteiger partial charge is 0.196 e. The normalized spacial score (nSPS) is 14.2. The molecule has 0 unspecified atom stereocenters. The number of carbonyl (C=O) groups is 2. The topological polar surface area (TPSA) is 34.1 Å². The van der Waals surface area contributed by atoms with Gasteiger partial charge in [0.05, 0.1) is 5.57 Å². The number of hydrogen-bond donors (Lipinski definition) is 0. The summed E-state index contributed by atoms with van der Waals surface area (Å²) in [6, 6.07) is 7.62. The lowest BCUT2D eigenvalue weighted by Crippen LogP contribution is -2.13. The van der Waals surface area contributed by atoms with Crippen LogP contribution in [-0.4, -0.2) is 12.1 Å². The summed E-state index contributed by atoms with van der Waals surface area (Å²) in [6.45, 7) is 3.77. The van der Waals surface area contributed by atoms with Gasteiger partial charge in [-0.2, -0.15) is 0 Å². The van der Waals surface area contributed by atoms with Crippen LogP contribution in [-0.2, 0) is 9.59 Å². The maximum atomic E-state index is 12.0. The van der Waals surface area contributed by atoms with Crippen LogP contribution in [0.15, 0.2) is 35.4 Å². The van der Waals surface area contributed by atoms with Gasteiger partial charge in [-0.05, 0) is 31.1 Å².